The van der Waals surface area contributed by atoms with Crippen LogP contribution in [0.2, 0.25) is 0 Å². The molecule has 1 atom stereocenters. The summed E-state index contributed by atoms with van der Waals surface area (Å²) in [7, 11) is 2.40. The van der Waals surface area contributed by atoms with Crippen molar-refractivity contribution in [1.82, 2.24) is 0 Å². The van der Waals surface area contributed by atoms with Crippen LogP contribution in [0.4, 0.5) is 0 Å². The Bertz CT molecular complexity index is 454. The molecule has 0 aromatic carbocycles. The molecule has 0 saturated carbocycles. The molecule has 0 bridgehead atoms. The van der Waals surface area contributed by atoms with Crippen LogP contribution in [0, 0.1) is 17.8 Å². The van der Waals surface area contributed by atoms with E-state index in [0.717, 1.165) is 5.57 Å². The van der Waals surface area contributed by atoms with Crippen LogP contribution in [-0.4, -0.2) is 37.4 Å². The van der Waals surface area contributed by atoms with Crippen LogP contribution in [0.25, 0.3) is 0 Å². The number of aliphatic hydroxyl groups excluding tert-OH is 1. The summed E-state index contributed by atoms with van der Waals surface area (Å²) in [5.74, 6) is 0.907. The molecular formula is C17H24O5. The molecule has 5 nitrogen and oxygen atoms in total. The number of esters is 2. The third kappa shape index (κ3) is 5.38. The van der Waals surface area contributed by atoms with Gasteiger partial charge >= 0.3 is 11.9 Å². The quantitative estimate of drug-likeness (QED) is 0.305. The first-order chi connectivity index (χ1) is 10.4. The number of terminal acetylenes is 1. The van der Waals surface area contributed by atoms with Gasteiger partial charge in [-0.3, -0.25) is 9.59 Å². The Balaban J connectivity index is 5.20. The summed E-state index contributed by atoms with van der Waals surface area (Å²) in [4.78, 5) is 24.1. The Morgan fingerprint density at radius 2 is 1.91 bits per heavy atom. The van der Waals surface area contributed by atoms with E-state index >= 15 is 0 Å². The molecule has 0 aromatic heterocycles. The van der Waals surface area contributed by atoms with Gasteiger partial charge in [0, 0.05) is 6.42 Å². The van der Waals surface area contributed by atoms with Crippen molar-refractivity contribution < 1.29 is 24.2 Å². The standard InChI is InChI=1S/C17H24O5/c1-6-11-17(15(19)21-4,16(20)22-5)12-10-13(3)8-9-14(18)7-2/h1,7,10,14,18H,2,8-9,11-12H2,3-5H3/b13-10+. The maximum atomic E-state index is 12.0. The largest absolute Gasteiger partial charge is 0.468 e. The topological polar surface area (TPSA) is 72.8 Å². The lowest BCUT2D eigenvalue weighted by Crippen LogP contribution is -2.40. The van der Waals surface area contributed by atoms with Gasteiger partial charge in [0.2, 0.25) is 0 Å². The van der Waals surface area contributed by atoms with Crippen molar-refractivity contribution >= 4 is 11.9 Å². The maximum absolute atomic E-state index is 12.0. The number of methoxy groups -OCH3 is 2. The molecule has 122 valence electrons. The zero-order chi connectivity index (χ0) is 17.2. The fraction of sp³-hybridized carbons (Fsp3) is 0.529. The van der Waals surface area contributed by atoms with Gasteiger partial charge in [-0.05, 0) is 26.2 Å². The molecule has 22 heavy (non-hydrogen) atoms. The highest BCUT2D eigenvalue weighted by molar-refractivity contribution is 6.00. The molecule has 0 spiro atoms. The molecule has 0 rings (SSSR count). The molecule has 0 aliphatic rings. The van der Waals surface area contributed by atoms with E-state index < -0.39 is 23.5 Å². The van der Waals surface area contributed by atoms with Crippen LogP contribution < -0.4 is 0 Å². The van der Waals surface area contributed by atoms with E-state index in [2.05, 4.69) is 12.5 Å². The van der Waals surface area contributed by atoms with E-state index in [-0.39, 0.29) is 12.8 Å². The molecule has 1 N–H and O–H groups in total. The fourth-order valence-electron chi connectivity index (χ4n) is 1.98. The molecule has 0 aromatic rings. The van der Waals surface area contributed by atoms with E-state index in [1.165, 1.54) is 20.3 Å². The molecule has 0 aliphatic heterocycles. The van der Waals surface area contributed by atoms with Crippen LogP contribution in [0.3, 0.4) is 0 Å². The lowest BCUT2D eigenvalue weighted by molar-refractivity contribution is -0.168. The van der Waals surface area contributed by atoms with Crippen molar-refractivity contribution in [2.45, 2.75) is 38.7 Å². The Morgan fingerprint density at radius 1 is 1.36 bits per heavy atom. The van der Waals surface area contributed by atoms with Crippen molar-refractivity contribution in [2.24, 2.45) is 5.41 Å². The monoisotopic (exact) mass is 308 g/mol. The van der Waals surface area contributed by atoms with E-state index in [9.17, 15) is 14.7 Å². The van der Waals surface area contributed by atoms with Gasteiger partial charge in [0.1, 0.15) is 0 Å². The zero-order valence-corrected chi connectivity index (χ0v) is 13.4. The van der Waals surface area contributed by atoms with Gasteiger partial charge in [-0.1, -0.05) is 17.7 Å². The van der Waals surface area contributed by atoms with Crippen molar-refractivity contribution in [2.75, 3.05) is 14.2 Å². The van der Waals surface area contributed by atoms with E-state index in [4.69, 9.17) is 15.9 Å². The molecule has 0 fully saturated rings. The third-order valence-electron chi connectivity index (χ3n) is 3.46. The third-order valence-corrected chi connectivity index (χ3v) is 3.46. The number of aliphatic hydroxyl groups is 1. The minimum atomic E-state index is -1.53. The van der Waals surface area contributed by atoms with Crippen molar-refractivity contribution in [3.63, 3.8) is 0 Å². The SMILES string of the molecule is C#CCC(C/C=C(\C)CCC(O)C=C)(C(=O)OC)C(=O)OC. The lowest BCUT2D eigenvalue weighted by atomic mass is 9.80. The molecule has 0 amide bonds. The number of carbonyl (C=O) groups is 2. The molecule has 0 saturated heterocycles. The highest BCUT2D eigenvalue weighted by Crippen LogP contribution is 2.31. The van der Waals surface area contributed by atoms with Gasteiger partial charge in [-0.15, -0.1) is 18.9 Å². The summed E-state index contributed by atoms with van der Waals surface area (Å²) in [6, 6.07) is 0. The first-order valence-electron chi connectivity index (χ1n) is 6.94. The van der Waals surface area contributed by atoms with Crippen molar-refractivity contribution in [3.8, 4) is 12.3 Å². The molecular weight excluding hydrogens is 284 g/mol. The Labute approximate surface area is 132 Å². The zero-order valence-electron chi connectivity index (χ0n) is 13.4. The number of hydrogen-bond acceptors (Lipinski definition) is 5. The second-order valence-corrected chi connectivity index (χ2v) is 5.04. The van der Waals surface area contributed by atoms with Crippen LogP contribution >= 0.6 is 0 Å². The second-order valence-electron chi connectivity index (χ2n) is 5.04. The highest BCUT2D eigenvalue weighted by Gasteiger charge is 2.47. The molecule has 0 aliphatic carbocycles. The first kappa shape index (κ1) is 19.9. The minimum absolute atomic E-state index is 0.0898. The molecule has 0 heterocycles. The van der Waals surface area contributed by atoms with Crippen LogP contribution in [-0.2, 0) is 19.1 Å². The summed E-state index contributed by atoms with van der Waals surface area (Å²) in [5.41, 5.74) is -0.605. The molecule has 1 unspecified atom stereocenters. The predicted octanol–water partition coefficient (Wildman–Crippen LogP) is 2.01. The van der Waals surface area contributed by atoms with E-state index in [1.54, 1.807) is 6.08 Å². The Kier molecular flexibility index (Phi) is 8.88. The summed E-state index contributed by atoms with van der Waals surface area (Å²) < 4.78 is 9.44. The smallest absolute Gasteiger partial charge is 0.324 e. The lowest BCUT2D eigenvalue weighted by Gasteiger charge is -2.25. The second kappa shape index (κ2) is 9.80. The van der Waals surface area contributed by atoms with Gasteiger partial charge < -0.3 is 14.6 Å². The average Bonchev–Trinajstić information content (AvgIpc) is 2.54. The summed E-state index contributed by atoms with van der Waals surface area (Å²) in [5, 5.41) is 9.45. The number of rotatable bonds is 9. The van der Waals surface area contributed by atoms with Gasteiger partial charge in [-0.2, -0.15) is 0 Å². The van der Waals surface area contributed by atoms with Crippen LogP contribution in [0.1, 0.15) is 32.6 Å². The summed E-state index contributed by atoms with van der Waals surface area (Å²) in [6.07, 6.45) is 9.03. The number of allylic oxidation sites excluding steroid dienone is 2. The molecule has 5 heteroatoms. The first-order valence-corrected chi connectivity index (χ1v) is 6.94. The van der Waals surface area contributed by atoms with E-state index in [0.29, 0.717) is 12.8 Å². The summed E-state index contributed by atoms with van der Waals surface area (Å²) >= 11 is 0. The van der Waals surface area contributed by atoms with Crippen LogP contribution in [0.5, 0.6) is 0 Å². The Hall–Kier alpha value is -2.06. The number of hydrogen-bond donors (Lipinski definition) is 1. The van der Waals surface area contributed by atoms with Crippen LogP contribution in [0.15, 0.2) is 24.3 Å². The Morgan fingerprint density at radius 3 is 2.32 bits per heavy atom. The van der Waals surface area contributed by atoms with Gasteiger partial charge in [0.15, 0.2) is 5.41 Å². The normalized spacial score (nSPS) is 13.0. The van der Waals surface area contributed by atoms with Crippen molar-refractivity contribution in [3.05, 3.63) is 24.3 Å². The maximum Gasteiger partial charge on any atom is 0.324 e. The van der Waals surface area contributed by atoms with Gasteiger partial charge in [0.05, 0.1) is 20.3 Å². The number of carbonyl (C=O) groups excluding carboxylic acids is 2. The highest BCUT2D eigenvalue weighted by atomic mass is 16.5. The fourth-order valence-corrected chi connectivity index (χ4v) is 1.98. The minimum Gasteiger partial charge on any atom is -0.468 e. The average molecular weight is 308 g/mol. The molecule has 0 radical (unpaired) electrons. The number of ether oxygens (including phenoxy) is 2. The predicted molar refractivity (Wildman–Crippen MR) is 83.7 cm³/mol. The van der Waals surface area contributed by atoms with Gasteiger partial charge in [-0.25, -0.2) is 0 Å². The van der Waals surface area contributed by atoms with E-state index in [1.807, 2.05) is 6.92 Å². The van der Waals surface area contributed by atoms with Gasteiger partial charge in [0.25, 0.3) is 0 Å². The van der Waals surface area contributed by atoms with Crippen molar-refractivity contribution in [1.29, 1.82) is 0 Å². The summed E-state index contributed by atoms with van der Waals surface area (Å²) in [6.45, 7) is 5.35.